The van der Waals surface area contributed by atoms with Gasteiger partial charge in [-0.2, -0.15) is 5.10 Å². The van der Waals surface area contributed by atoms with Crippen LogP contribution in [0.25, 0.3) is 0 Å². The van der Waals surface area contributed by atoms with Crippen molar-refractivity contribution in [2.45, 2.75) is 13.5 Å². The fraction of sp³-hybridized carbons (Fsp3) is 0.111. The average Bonchev–Trinajstić information content (AvgIpc) is 3.01. The highest BCUT2D eigenvalue weighted by Crippen LogP contribution is 2.29. The van der Waals surface area contributed by atoms with Crippen LogP contribution in [0.4, 0.5) is 16.2 Å². The first-order chi connectivity index (χ1) is 12.0. The van der Waals surface area contributed by atoms with E-state index < -0.39 is 6.03 Å². The van der Waals surface area contributed by atoms with Crippen LogP contribution >= 0.6 is 23.2 Å². The number of hydrogen-bond donors (Lipinski definition) is 2. The fourth-order valence-electron chi connectivity index (χ4n) is 2.36. The summed E-state index contributed by atoms with van der Waals surface area (Å²) in [5.74, 6) is 0. The topological polar surface area (TPSA) is 59.0 Å². The first-order valence-corrected chi connectivity index (χ1v) is 8.37. The maximum absolute atomic E-state index is 12.1. The Bertz CT molecular complexity index is 908. The van der Waals surface area contributed by atoms with Crippen LogP contribution in [0.15, 0.2) is 54.9 Å². The second-order valence-corrected chi connectivity index (χ2v) is 6.32. The number of nitrogens with zero attached hydrogens (tertiary/aromatic N) is 2. The van der Waals surface area contributed by atoms with Gasteiger partial charge in [0.1, 0.15) is 0 Å². The number of nitrogens with one attached hydrogen (secondary N) is 2. The number of benzene rings is 2. The molecule has 0 unspecified atom stereocenters. The van der Waals surface area contributed by atoms with Crippen molar-refractivity contribution in [1.82, 2.24) is 9.78 Å². The lowest BCUT2D eigenvalue weighted by Gasteiger charge is -2.08. The normalized spacial score (nSPS) is 10.5. The molecule has 0 aliphatic heterocycles. The van der Waals surface area contributed by atoms with E-state index in [-0.39, 0.29) is 0 Å². The number of halogens is 2. The van der Waals surface area contributed by atoms with Crippen molar-refractivity contribution in [2.75, 3.05) is 10.6 Å². The van der Waals surface area contributed by atoms with Crippen molar-refractivity contribution in [3.05, 3.63) is 76.0 Å². The Kier molecular flexibility index (Phi) is 5.26. The number of amides is 2. The van der Waals surface area contributed by atoms with E-state index in [1.807, 2.05) is 12.1 Å². The summed E-state index contributed by atoms with van der Waals surface area (Å²) in [6.45, 7) is 2.69. The number of aromatic nitrogens is 2. The molecule has 5 nitrogen and oxygen atoms in total. The van der Waals surface area contributed by atoms with E-state index in [4.69, 9.17) is 23.2 Å². The summed E-state index contributed by atoms with van der Waals surface area (Å²) in [7, 11) is 0. The molecule has 0 bridgehead atoms. The zero-order valence-electron chi connectivity index (χ0n) is 13.5. The highest BCUT2D eigenvalue weighted by Gasteiger charge is 2.09. The predicted molar refractivity (Wildman–Crippen MR) is 102 cm³/mol. The Morgan fingerprint density at radius 2 is 1.92 bits per heavy atom. The molecular formula is C18H16Cl2N4O. The highest BCUT2D eigenvalue weighted by molar-refractivity contribution is 6.44. The van der Waals surface area contributed by atoms with Crippen LogP contribution in [0.3, 0.4) is 0 Å². The summed E-state index contributed by atoms with van der Waals surface area (Å²) < 4.78 is 1.77. The van der Waals surface area contributed by atoms with Crippen LogP contribution in [0.5, 0.6) is 0 Å². The lowest BCUT2D eigenvalue weighted by Crippen LogP contribution is -2.19. The van der Waals surface area contributed by atoms with Crippen LogP contribution in [-0.4, -0.2) is 15.8 Å². The van der Waals surface area contributed by atoms with Crippen molar-refractivity contribution >= 4 is 40.6 Å². The van der Waals surface area contributed by atoms with E-state index in [1.54, 1.807) is 35.3 Å². The molecule has 128 valence electrons. The molecule has 0 aliphatic rings. The molecule has 3 rings (SSSR count). The standard InChI is InChI=1S/C18H16Cl2N4O/c1-12-5-2-3-6-13(12)10-24-11-14(9-21-24)22-18(25)23-16-8-4-7-15(19)17(16)20/h2-9,11H,10H2,1H3,(H2,22,23,25). The van der Waals surface area contributed by atoms with E-state index >= 15 is 0 Å². The summed E-state index contributed by atoms with van der Waals surface area (Å²) in [4.78, 5) is 12.1. The van der Waals surface area contributed by atoms with Crippen molar-refractivity contribution in [1.29, 1.82) is 0 Å². The Hall–Kier alpha value is -2.50. The fourth-order valence-corrected chi connectivity index (χ4v) is 2.71. The first-order valence-electron chi connectivity index (χ1n) is 7.62. The second-order valence-electron chi connectivity index (χ2n) is 5.53. The number of carbonyl (C=O) groups excluding carboxylic acids is 1. The summed E-state index contributed by atoms with van der Waals surface area (Å²) >= 11 is 12.0. The van der Waals surface area contributed by atoms with Gasteiger partial charge in [0.15, 0.2) is 0 Å². The van der Waals surface area contributed by atoms with Gasteiger partial charge in [0.25, 0.3) is 0 Å². The number of hydrogen-bond acceptors (Lipinski definition) is 2. The quantitative estimate of drug-likeness (QED) is 0.659. The molecule has 7 heteroatoms. The van der Waals surface area contributed by atoms with E-state index in [1.165, 1.54) is 11.1 Å². The van der Waals surface area contributed by atoms with Gasteiger partial charge < -0.3 is 10.6 Å². The molecule has 1 aromatic heterocycles. The molecule has 2 N–H and O–H groups in total. The highest BCUT2D eigenvalue weighted by atomic mass is 35.5. The molecule has 2 aromatic carbocycles. The summed E-state index contributed by atoms with van der Waals surface area (Å²) in [6.07, 6.45) is 3.36. The lowest BCUT2D eigenvalue weighted by molar-refractivity contribution is 0.262. The van der Waals surface area contributed by atoms with E-state index in [0.29, 0.717) is 28.0 Å². The zero-order chi connectivity index (χ0) is 17.8. The van der Waals surface area contributed by atoms with E-state index in [0.717, 1.165) is 0 Å². The van der Waals surface area contributed by atoms with Gasteiger partial charge in [0.2, 0.25) is 0 Å². The third-order valence-electron chi connectivity index (χ3n) is 3.68. The molecule has 0 saturated carbocycles. The molecule has 3 aromatic rings. The van der Waals surface area contributed by atoms with E-state index in [9.17, 15) is 4.79 Å². The van der Waals surface area contributed by atoms with Crippen LogP contribution in [0, 0.1) is 6.92 Å². The Balaban J connectivity index is 1.64. The number of carbonyl (C=O) groups is 1. The second kappa shape index (κ2) is 7.59. The first kappa shape index (κ1) is 17.3. The Morgan fingerprint density at radius 1 is 1.12 bits per heavy atom. The Labute approximate surface area is 155 Å². The molecular weight excluding hydrogens is 359 g/mol. The third kappa shape index (κ3) is 4.32. The maximum atomic E-state index is 12.1. The van der Waals surface area contributed by atoms with Gasteiger partial charge in [-0.1, -0.05) is 53.5 Å². The van der Waals surface area contributed by atoms with Crippen LogP contribution in [0.2, 0.25) is 10.0 Å². The van der Waals surface area contributed by atoms with Crippen molar-refractivity contribution in [3.8, 4) is 0 Å². The predicted octanol–water partition coefficient (Wildman–Crippen LogP) is 5.19. The molecule has 2 amide bonds. The number of urea groups is 1. The largest absolute Gasteiger partial charge is 0.323 e. The molecule has 0 radical (unpaired) electrons. The monoisotopic (exact) mass is 374 g/mol. The molecule has 0 saturated heterocycles. The van der Waals surface area contributed by atoms with Gasteiger partial charge in [-0.15, -0.1) is 0 Å². The SMILES string of the molecule is Cc1ccccc1Cn1cc(NC(=O)Nc2cccc(Cl)c2Cl)cn1. The number of rotatable bonds is 4. The van der Waals surface area contributed by atoms with E-state index in [2.05, 4.69) is 34.8 Å². The minimum atomic E-state index is -0.417. The van der Waals surface area contributed by atoms with Gasteiger partial charge in [-0.25, -0.2) is 4.79 Å². The van der Waals surface area contributed by atoms with Gasteiger partial charge in [-0.05, 0) is 30.2 Å². The van der Waals surface area contributed by atoms with Crippen LogP contribution in [0.1, 0.15) is 11.1 Å². The van der Waals surface area contributed by atoms with Gasteiger partial charge >= 0.3 is 6.03 Å². The molecule has 0 fully saturated rings. The molecule has 0 aliphatic carbocycles. The number of aryl methyl sites for hydroxylation is 1. The maximum Gasteiger partial charge on any atom is 0.323 e. The summed E-state index contributed by atoms with van der Waals surface area (Å²) in [5, 5.41) is 10.3. The third-order valence-corrected chi connectivity index (χ3v) is 4.50. The number of anilines is 2. The van der Waals surface area contributed by atoms with Crippen LogP contribution < -0.4 is 10.6 Å². The van der Waals surface area contributed by atoms with Gasteiger partial charge in [-0.3, -0.25) is 4.68 Å². The minimum Gasteiger partial charge on any atom is -0.306 e. The van der Waals surface area contributed by atoms with Crippen molar-refractivity contribution in [3.63, 3.8) is 0 Å². The Morgan fingerprint density at radius 3 is 2.72 bits per heavy atom. The zero-order valence-corrected chi connectivity index (χ0v) is 15.0. The van der Waals surface area contributed by atoms with Crippen LogP contribution in [-0.2, 0) is 6.54 Å². The molecule has 0 spiro atoms. The molecule has 1 heterocycles. The minimum absolute atomic E-state index is 0.301. The lowest BCUT2D eigenvalue weighted by atomic mass is 10.1. The van der Waals surface area contributed by atoms with Crippen molar-refractivity contribution < 1.29 is 4.79 Å². The smallest absolute Gasteiger partial charge is 0.306 e. The summed E-state index contributed by atoms with van der Waals surface area (Å²) in [5.41, 5.74) is 3.40. The van der Waals surface area contributed by atoms with Gasteiger partial charge in [0.05, 0.1) is 34.2 Å². The van der Waals surface area contributed by atoms with Gasteiger partial charge in [0, 0.05) is 6.20 Å². The molecule has 25 heavy (non-hydrogen) atoms. The average molecular weight is 375 g/mol. The summed E-state index contributed by atoms with van der Waals surface area (Å²) in [6, 6.07) is 12.7. The van der Waals surface area contributed by atoms with Crippen molar-refractivity contribution in [2.24, 2.45) is 0 Å². The molecule has 0 atom stereocenters.